The van der Waals surface area contributed by atoms with Crippen LogP contribution < -0.4 is 0 Å². The quantitative estimate of drug-likeness (QED) is 0.220. The molecule has 0 fully saturated rings. The van der Waals surface area contributed by atoms with Gasteiger partial charge in [0.1, 0.15) is 0 Å². The standard InChI is InChI=1S/C27H56/c1-10-15-16-17-18-24(9)25(12-3)26(22(6)7)20-23(8)21-27(13-4,14-5)19-11-2/h22-26H,10-21H2,1-9H3. The highest BCUT2D eigenvalue weighted by Gasteiger charge is 2.32. The highest BCUT2D eigenvalue weighted by molar-refractivity contribution is 4.83. The zero-order chi connectivity index (χ0) is 20.9. The van der Waals surface area contributed by atoms with Gasteiger partial charge >= 0.3 is 0 Å². The summed E-state index contributed by atoms with van der Waals surface area (Å²) in [7, 11) is 0. The Kier molecular flexibility index (Phi) is 14.9. The van der Waals surface area contributed by atoms with Crippen molar-refractivity contribution in [3.05, 3.63) is 0 Å². The molecule has 0 aliphatic rings. The Morgan fingerprint density at radius 3 is 1.78 bits per heavy atom. The van der Waals surface area contributed by atoms with Gasteiger partial charge in [-0.3, -0.25) is 0 Å². The van der Waals surface area contributed by atoms with Crippen molar-refractivity contribution in [2.75, 3.05) is 0 Å². The topological polar surface area (TPSA) is 0 Å². The summed E-state index contributed by atoms with van der Waals surface area (Å²) in [6, 6.07) is 0. The Morgan fingerprint density at radius 2 is 1.33 bits per heavy atom. The Bertz CT molecular complexity index is 325. The zero-order valence-electron chi connectivity index (χ0n) is 20.9. The number of hydrogen-bond acceptors (Lipinski definition) is 0. The predicted octanol–water partition coefficient (Wildman–Crippen LogP) is 9.91. The maximum absolute atomic E-state index is 2.56. The van der Waals surface area contributed by atoms with Crippen LogP contribution in [0.25, 0.3) is 0 Å². The largest absolute Gasteiger partial charge is 0.0654 e. The van der Waals surface area contributed by atoms with Crippen molar-refractivity contribution in [3.63, 3.8) is 0 Å². The molecule has 27 heavy (non-hydrogen) atoms. The molecule has 0 heteroatoms. The molecule has 0 aromatic carbocycles. The molecule has 0 N–H and O–H groups in total. The van der Waals surface area contributed by atoms with Gasteiger partial charge < -0.3 is 0 Å². The molecule has 0 aromatic heterocycles. The molecule has 0 nitrogen and oxygen atoms in total. The van der Waals surface area contributed by atoms with Crippen molar-refractivity contribution in [2.45, 2.75) is 139 Å². The van der Waals surface area contributed by atoms with Gasteiger partial charge in [-0.1, -0.05) is 120 Å². The van der Waals surface area contributed by atoms with E-state index in [0.29, 0.717) is 5.41 Å². The molecule has 0 saturated heterocycles. The lowest BCUT2D eigenvalue weighted by Crippen LogP contribution is -2.29. The van der Waals surface area contributed by atoms with Gasteiger partial charge in [-0.15, -0.1) is 0 Å². The molecule has 0 saturated carbocycles. The molecule has 0 bridgehead atoms. The van der Waals surface area contributed by atoms with Crippen molar-refractivity contribution in [1.29, 1.82) is 0 Å². The highest BCUT2D eigenvalue weighted by Crippen LogP contribution is 2.43. The SMILES string of the molecule is CCCCCCC(C)C(CC)C(CC(C)CC(CC)(CC)CCC)C(C)C. The number of rotatable bonds is 17. The third-order valence-electron chi connectivity index (χ3n) is 7.86. The lowest BCUT2D eigenvalue weighted by molar-refractivity contribution is 0.114. The van der Waals surface area contributed by atoms with Crippen LogP contribution in [0.3, 0.4) is 0 Å². The molecule has 4 unspecified atom stereocenters. The van der Waals surface area contributed by atoms with Crippen LogP contribution in [0.4, 0.5) is 0 Å². The van der Waals surface area contributed by atoms with Gasteiger partial charge in [0.25, 0.3) is 0 Å². The third-order valence-corrected chi connectivity index (χ3v) is 7.86. The molecule has 0 heterocycles. The smallest absolute Gasteiger partial charge is 0.0300 e. The van der Waals surface area contributed by atoms with Crippen LogP contribution in [0, 0.1) is 35.0 Å². The summed E-state index contributed by atoms with van der Waals surface area (Å²) in [5, 5.41) is 0. The monoisotopic (exact) mass is 380 g/mol. The highest BCUT2D eigenvalue weighted by atomic mass is 14.4. The zero-order valence-corrected chi connectivity index (χ0v) is 20.9. The maximum atomic E-state index is 2.56. The van der Waals surface area contributed by atoms with Crippen LogP contribution >= 0.6 is 0 Å². The molecule has 4 atom stereocenters. The van der Waals surface area contributed by atoms with Crippen molar-refractivity contribution < 1.29 is 0 Å². The van der Waals surface area contributed by atoms with Crippen molar-refractivity contribution in [1.82, 2.24) is 0 Å². The van der Waals surface area contributed by atoms with E-state index in [1.54, 1.807) is 0 Å². The number of hydrogen-bond donors (Lipinski definition) is 0. The predicted molar refractivity (Wildman–Crippen MR) is 126 cm³/mol. The van der Waals surface area contributed by atoms with Crippen LogP contribution in [0.1, 0.15) is 139 Å². The second-order valence-electron chi connectivity index (χ2n) is 10.3. The molecule has 0 radical (unpaired) electrons. The van der Waals surface area contributed by atoms with Crippen LogP contribution in [-0.2, 0) is 0 Å². The summed E-state index contributed by atoms with van der Waals surface area (Å²) in [6.45, 7) is 22.1. The van der Waals surface area contributed by atoms with Gasteiger partial charge in [0.15, 0.2) is 0 Å². The van der Waals surface area contributed by atoms with E-state index >= 15 is 0 Å². The first-order chi connectivity index (χ1) is 12.8. The van der Waals surface area contributed by atoms with Gasteiger partial charge in [0.2, 0.25) is 0 Å². The fourth-order valence-electron chi connectivity index (χ4n) is 5.99. The third kappa shape index (κ3) is 9.85. The van der Waals surface area contributed by atoms with E-state index in [4.69, 9.17) is 0 Å². The molecule has 0 amide bonds. The molecule has 0 aliphatic carbocycles. The number of unbranched alkanes of at least 4 members (excludes halogenated alkanes) is 3. The Morgan fingerprint density at radius 1 is 0.704 bits per heavy atom. The second kappa shape index (κ2) is 14.9. The normalized spacial score (nSPS) is 17.1. The van der Waals surface area contributed by atoms with Gasteiger partial charge in [-0.25, -0.2) is 0 Å². The molecule has 0 aromatic rings. The maximum Gasteiger partial charge on any atom is -0.0300 e. The van der Waals surface area contributed by atoms with E-state index in [1.807, 2.05) is 0 Å². The molecular weight excluding hydrogens is 324 g/mol. The van der Waals surface area contributed by atoms with Crippen molar-refractivity contribution in [2.24, 2.45) is 35.0 Å². The summed E-state index contributed by atoms with van der Waals surface area (Å²) >= 11 is 0. The fourth-order valence-corrected chi connectivity index (χ4v) is 5.99. The van der Waals surface area contributed by atoms with Crippen molar-refractivity contribution >= 4 is 0 Å². The van der Waals surface area contributed by atoms with Gasteiger partial charge in [0.05, 0.1) is 0 Å². The Balaban J connectivity index is 4.96. The first-order valence-corrected chi connectivity index (χ1v) is 12.8. The van der Waals surface area contributed by atoms with Crippen LogP contribution in [0.2, 0.25) is 0 Å². The summed E-state index contributed by atoms with van der Waals surface area (Å²) in [4.78, 5) is 0. The lowest BCUT2D eigenvalue weighted by Gasteiger charge is -2.39. The van der Waals surface area contributed by atoms with E-state index in [2.05, 4.69) is 62.3 Å². The molecule has 164 valence electrons. The minimum absolute atomic E-state index is 0.600. The molecule has 0 spiro atoms. The minimum Gasteiger partial charge on any atom is -0.0654 e. The van der Waals surface area contributed by atoms with Crippen LogP contribution in [0.15, 0.2) is 0 Å². The summed E-state index contributed by atoms with van der Waals surface area (Å²) in [6.07, 6.45) is 16.8. The Hall–Kier alpha value is 0. The molecule has 0 aliphatic heterocycles. The van der Waals surface area contributed by atoms with Gasteiger partial charge in [-0.2, -0.15) is 0 Å². The van der Waals surface area contributed by atoms with E-state index in [-0.39, 0.29) is 0 Å². The average molecular weight is 381 g/mol. The van der Waals surface area contributed by atoms with E-state index in [1.165, 1.54) is 77.0 Å². The van der Waals surface area contributed by atoms with Gasteiger partial charge in [-0.05, 0) is 54.3 Å². The van der Waals surface area contributed by atoms with Crippen molar-refractivity contribution in [3.8, 4) is 0 Å². The van der Waals surface area contributed by atoms with E-state index < -0.39 is 0 Å². The summed E-state index contributed by atoms with van der Waals surface area (Å²) < 4.78 is 0. The van der Waals surface area contributed by atoms with Crippen LogP contribution in [0.5, 0.6) is 0 Å². The molecular formula is C27H56. The average Bonchev–Trinajstić information content (AvgIpc) is 2.64. The second-order valence-corrected chi connectivity index (χ2v) is 10.3. The first kappa shape index (κ1) is 27.0. The van der Waals surface area contributed by atoms with Crippen LogP contribution in [-0.4, -0.2) is 0 Å². The van der Waals surface area contributed by atoms with E-state index in [9.17, 15) is 0 Å². The minimum atomic E-state index is 0.600. The summed E-state index contributed by atoms with van der Waals surface area (Å²) in [5.41, 5.74) is 0.600. The lowest BCUT2D eigenvalue weighted by atomic mass is 9.66. The Labute approximate surface area is 174 Å². The molecule has 0 rings (SSSR count). The summed E-state index contributed by atoms with van der Waals surface area (Å²) in [5.74, 6) is 4.39. The van der Waals surface area contributed by atoms with Gasteiger partial charge in [0, 0.05) is 0 Å². The fraction of sp³-hybridized carbons (Fsp3) is 1.00. The van der Waals surface area contributed by atoms with E-state index in [0.717, 1.165) is 29.6 Å². The first-order valence-electron chi connectivity index (χ1n) is 12.8.